The van der Waals surface area contributed by atoms with E-state index in [0.717, 1.165) is 57.2 Å². The highest BCUT2D eigenvalue weighted by Gasteiger charge is 2.27. The van der Waals surface area contributed by atoms with Gasteiger partial charge in [-0.1, -0.05) is 56.5 Å². The van der Waals surface area contributed by atoms with Gasteiger partial charge in [-0.05, 0) is 68.3 Å². The van der Waals surface area contributed by atoms with Gasteiger partial charge in [0.15, 0.2) is 0 Å². The quantitative estimate of drug-likeness (QED) is 0.264. The lowest BCUT2D eigenvalue weighted by Gasteiger charge is -2.30. The van der Waals surface area contributed by atoms with E-state index >= 15 is 0 Å². The van der Waals surface area contributed by atoms with Crippen molar-refractivity contribution >= 4 is 17.7 Å². The third kappa shape index (κ3) is 6.02. The fraction of sp³-hybridized carbons (Fsp3) is 0.333. The zero-order valence-electron chi connectivity index (χ0n) is 22.1. The van der Waals surface area contributed by atoms with Crippen molar-refractivity contribution in [1.82, 2.24) is 0 Å². The Morgan fingerprint density at radius 2 is 1.78 bits per heavy atom. The Bertz CT molecular complexity index is 1290. The lowest BCUT2D eigenvalue weighted by atomic mass is 9.95. The smallest absolute Gasteiger partial charge is 0.137 e. The molecule has 0 fully saturated rings. The fourth-order valence-corrected chi connectivity index (χ4v) is 4.69. The molecule has 5 rings (SSSR count). The van der Waals surface area contributed by atoms with E-state index in [2.05, 4.69) is 63.3 Å². The summed E-state index contributed by atoms with van der Waals surface area (Å²) in [5, 5.41) is 0. The average Bonchev–Trinajstić information content (AvgIpc) is 2.91. The average molecular weight is 497 g/mol. The van der Waals surface area contributed by atoms with E-state index in [4.69, 9.17) is 18.9 Å². The number of benzene rings is 3. The number of unbranched alkanes of at least 4 members (excludes halogenated alkanes) is 3. The lowest BCUT2D eigenvalue weighted by Crippen LogP contribution is -2.27. The van der Waals surface area contributed by atoms with E-state index in [-0.39, 0.29) is 5.60 Å². The fourth-order valence-electron chi connectivity index (χ4n) is 4.69. The molecule has 4 heteroatoms. The van der Waals surface area contributed by atoms with Crippen LogP contribution in [0.5, 0.6) is 23.0 Å². The van der Waals surface area contributed by atoms with Crippen molar-refractivity contribution in [2.75, 3.05) is 13.2 Å². The summed E-state index contributed by atoms with van der Waals surface area (Å²) in [7, 11) is 0. The molecule has 0 saturated carbocycles. The molecule has 2 aliphatic rings. The van der Waals surface area contributed by atoms with Gasteiger partial charge in [0.05, 0.1) is 12.2 Å². The van der Waals surface area contributed by atoms with Crippen LogP contribution >= 0.6 is 0 Å². The molecule has 0 atom stereocenters. The summed E-state index contributed by atoms with van der Waals surface area (Å²) in [5.74, 6) is 3.36. The van der Waals surface area contributed by atoms with Crippen molar-refractivity contribution in [1.29, 1.82) is 0 Å². The van der Waals surface area contributed by atoms with Crippen molar-refractivity contribution in [2.45, 2.75) is 58.7 Å². The maximum Gasteiger partial charge on any atom is 0.137 e. The van der Waals surface area contributed by atoms with Gasteiger partial charge in [-0.25, -0.2) is 0 Å². The van der Waals surface area contributed by atoms with Crippen LogP contribution in [0.3, 0.4) is 0 Å². The van der Waals surface area contributed by atoms with Crippen LogP contribution in [-0.4, -0.2) is 18.8 Å². The second-order valence-electron chi connectivity index (χ2n) is 10.2. The second-order valence-corrected chi connectivity index (χ2v) is 10.2. The van der Waals surface area contributed by atoms with Crippen LogP contribution in [0.2, 0.25) is 0 Å². The van der Waals surface area contributed by atoms with E-state index in [1.54, 1.807) is 0 Å². The largest absolute Gasteiger partial charge is 0.493 e. The van der Waals surface area contributed by atoms with E-state index in [0.29, 0.717) is 19.8 Å². The van der Waals surface area contributed by atoms with Gasteiger partial charge >= 0.3 is 0 Å². The maximum atomic E-state index is 6.36. The number of ether oxygens (including phenoxy) is 4. The van der Waals surface area contributed by atoms with Crippen molar-refractivity contribution in [3.8, 4) is 23.0 Å². The summed E-state index contributed by atoms with van der Waals surface area (Å²) in [5.41, 5.74) is 4.94. The molecule has 0 aliphatic carbocycles. The lowest BCUT2D eigenvalue weighted by molar-refractivity contribution is 0.158. The third-order valence-corrected chi connectivity index (χ3v) is 6.72. The first-order chi connectivity index (χ1) is 18.0. The molecule has 192 valence electrons. The summed E-state index contributed by atoms with van der Waals surface area (Å²) in [4.78, 5) is 0. The van der Waals surface area contributed by atoms with Crippen LogP contribution in [0.25, 0.3) is 17.7 Å². The molecule has 0 bridgehead atoms. The summed E-state index contributed by atoms with van der Waals surface area (Å²) in [6, 6.07) is 20.5. The molecule has 3 aromatic carbocycles. The van der Waals surface area contributed by atoms with Gasteiger partial charge in [0.1, 0.15) is 41.8 Å². The van der Waals surface area contributed by atoms with Crippen molar-refractivity contribution in [3.63, 3.8) is 0 Å². The molecule has 4 nitrogen and oxygen atoms in total. The van der Waals surface area contributed by atoms with Crippen LogP contribution in [0.1, 0.15) is 68.7 Å². The minimum absolute atomic E-state index is 0.318. The molecule has 3 aromatic rings. The first-order valence-electron chi connectivity index (χ1n) is 13.3. The van der Waals surface area contributed by atoms with Gasteiger partial charge in [0.25, 0.3) is 0 Å². The molecule has 2 heterocycles. The summed E-state index contributed by atoms with van der Waals surface area (Å²) < 4.78 is 24.9. The van der Waals surface area contributed by atoms with Crippen LogP contribution in [0.4, 0.5) is 0 Å². The van der Waals surface area contributed by atoms with E-state index in [9.17, 15) is 0 Å². The maximum absolute atomic E-state index is 6.36. The predicted octanol–water partition coefficient (Wildman–Crippen LogP) is 8.34. The van der Waals surface area contributed by atoms with E-state index < -0.39 is 0 Å². The Morgan fingerprint density at radius 1 is 0.919 bits per heavy atom. The zero-order valence-corrected chi connectivity index (χ0v) is 22.1. The predicted molar refractivity (Wildman–Crippen MR) is 150 cm³/mol. The van der Waals surface area contributed by atoms with Gasteiger partial charge < -0.3 is 18.9 Å². The van der Waals surface area contributed by atoms with E-state index in [1.165, 1.54) is 19.3 Å². The highest BCUT2D eigenvalue weighted by atomic mass is 16.5. The molecule has 37 heavy (non-hydrogen) atoms. The second kappa shape index (κ2) is 11.2. The Balaban J connectivity index is 1.41. The number of hydrogen-bond donors (Lipinski definition) is 0. The van der Waals surface area contributed by atoms with Crippen LogP contribution < -0.4 is 18.9 Å². The summed E-state index contributed by atoms with van der Waals surface area (Å²) in [6.45, 7) is 8.00. The minimum Gasteiger partial charge on any atom is -0.493 e. The standard InChI is InChI=1S/C33H36O4/c1-4-5-6-10-19-34-27-14-15-28(31(21-27)35-22-24-11-8-7-9-12-24)26-20-25-13-16-30-29(32(25)36-23-26)17-18-33(2,3)37-30/h7-9,11-18,20-21H,4-6,10,19,22-23H2,1-3H3. The van der Waals surface area contributed by atoms with Crippen molar-refractivity contribution in [2.24, 2.45) is 0 Å². The molecule has 0 radical (unpaired) electrons. The highest BCUT2D eigenvalue weighted by molar-refractivity contribution is 5.90. The first kappa shape index (κ1) is 25.0. The third-order valence-electron chi connectivity index (χ3n) is 6.72. The molecular weight excluding hydrogens is 460 g/mol. The molecule has 2 aliphatic heterocycles. The molecular formula is C33H36O4. The van der Waals surface area contributed by atoms with Crippen LogP contribution in [0.15, 0.2) is 66.7 Å². The molecule has 0 spiro atoms. The highest BCUT2D eigenvalue weighted by Crippen LogP contribution is 2.43. The van der Waals surface area contributed by atoms with Gasteiger partial charge in [-0.2, -0.15) is 0 Å². The summed E-state index contributed by atoms with van der Waals surface area (Å²) in [6.07, 6.45) is 11.1. The van der Waals surface area contributed by atoms with E-state index in [1.807, 2.05) is 36.4 Å². The first-order valence-corrected chi connectivity index (χ1v) is 13.3. The Morgan fingerprint density at radius 3 is 2.62 bits per heavy atom. The molecule has 0 unspecified atom stereocenters. The SMILES string of the molecule is CCCCCCOc1ccc(C2=Cc3ccc4c(c3OC2)C=CC(C)(C)O4)c(OCc2ccccc2)c1. The van der Waals surface area contributed by atoms with Crippen molar-refractivity contribution < 1.29 is 18.9 Å². The number of hydrogen-bond acceptors (Lipinski definition) is 4. The molecule has 0 amide bonds. The Kier molecular flexibility index (Phi) is 7.55. The van der Waals surface area contributed by atoms with Gasteiger partial charge in [-0.3, -0.25) is 0 Å². The van der Waals surface area contributed by atoms with Gasteiger partial charge in [0, 0.05) is 22.8 Å². The van der Waals surface area contributed by atoms with Crippen molar-refractivity contribution in [3.05, 3.63) is 89.0 Å². The van der Waals surface area contributed by atoms with Gasteiger partial charge in [0.2, 0.25) is 0 Å². The number of rotatable bonds is 10. The Labute approximate surface area is 220 Å². The minimum atomic E-state index is -0.318. The zero-order chi connectivity index (χ0) is 25.7. The topological polar surface area (TPSA) is 36.9 Å². The van der Waals surface area contributed by atoms with Crippen LogP contribution in [-0.2, 0) is 6.61 Å². The molecule has 0 N–H and O–H groups in total. The molecule has 0 aromatic heterocycles. The number of fused-ring (bicyclic) bond motifs is 3. The summed E-state index contributed by atoms with van der Waals surface area (Å²) >= 11 is 0. The van der Waals surface area contributed by atoms with Gasteiger partial charge in [-0.15, -0.1) is 0 Å². The molecule has 0 saturated heterocycles. The Hall–Kier alpha value is -3.66. The monoisotopic (exact) mass is 496 g/mol. The van der Waals surface area contributed by atoms with Crippen LogP contribution in [0, 0.1) is 0 Å². The normalized spacial score (nSPS) is 15.1.